The number of nitrogens with one attached hydrogen (secondary N) is 1. The second kappa shape index (κ2) is 5.05. The average molecular weight is 239 g/mol. The van der Waals surface area contributed by atoms with Crippen molar-refractivity contribution in [2.45, 2.75) is 39.2 Å². The zero-order valence-electron chi connectivity index (χ0n) is 9.91. The molecular formula is C13H19ClN2. The number of pyridine rings is 1. The van der Waals surface area contributed by atoms with Gasteiger partial charge in [-0.05, 0) is 43.2 Å². The molecule has 2 nitrogen and oxygen atoms in total. The van der Waals surface area contributed by atoms with Gasteiger partial charge in [0.15, 0.2) is 5.15 Å². The molecule has 1 saturated carbocycles. The normalized spacial score (nSPS) is 30.1. The summed E-state index contributed by atoms with van der Waals surface area (Å²) in [4.78, 5) is 4.08. The number of hydrogen-bond donors (Lipinski definition) is 1. The van der Waals surface area contributed by atoms with Crippen LogP contribution < -0.4 is 5.32 Å². The van der Waals surface area contributed by atoms with E-state index in [1.165, 1.54) is 19.3 Å². The first-order valence-corrected chi connectivity index (χ1v) is 6.41. The first kappa shape index (κ1) is 11.7. The molecule has 1 aliphatic carbocycles. The summed E-state index contributed by atoms with van der Waals surface area (Å²) in [6, 6.07) is 4.47. The van der Waals surface area contributed by atoms with Crippen molar-refractivity contribution in [3.05, 3.63) is 23.5 Å². The minimum absolute atomic E-state index is 0.549. The van der Waals surface area contributed by atoms with E-state index in [1.54, 1.807) is 6.20 Å². The lowest BCUT2D eigenvalue weighted by Crippen LogP contribution is -2.30. The van der Waals surface area contributed by atoms with Gasteiger partial charge in [0.25, 0.3) is 0 Å². The molecule has 0 spiro atoms. The lowest BCUT2D eigenvalue weighted by atomic mass is 9.79. The first-order valence-electron chi connectivity index (χ1n) is 6.04. The number of hydrogen-bond acceptors (Lipinski definition) is 2. The SMILES string of the molecule is CC1CCC(Nc2cccnc2Cl)CC1C. The molecule has 1 N–H and O–H groups in total. The molecule has 0 amide bonds. The molecule has 0 bridgehead atoms. The van der Waals surface area contributed by atoms with Crippen LogP contribution in [0.2, 0.25) is 5.15 Å². The van der Waals surface area contributed by atoms with E-state index in [4.69, 9.17) is 11.6 Å². The topological polar surface area (TPSA) is 24.9 Å². The van der Waals surface area contributed by atoms with Gasteiger partial charge in [-0.2, -0.15) is 0 Å². The average Bonchev–Trinajstić information content (AvgIpc) is 2.27. The molecule has 1 fully saturated rings. The lowest BCUT2D eigenvalue weighted by molar-refractivity contribution is 0.261. The highest BCUT2D eigenvalue weighted by atomic mass is 35.5. The van der Waals surface area contributed by atoms with Crippen LogP contribution in [0.4, 0.5) is 5.69 Å². The van der Waals surface area contributed by atoms with Crippen molar-refractivity contribution in [2.24, 2.45) is 11.8 Å². The fourth-order valence-electron chi connectivity index (χ4n) is 2.39. The molecule has 3 unspecified atom stereocenters. The summed E-state index contributed by atoms with van der Waals surface area (Å²) in [5, 5.41) is 4.08. The standard InChI is InChI=1S/C13H19ClN2/c1-9-5-6-11(8-10(9)2)16-12-4-3-7-15-13(12)14/h3-4,7,9-11,16H,5-6,8H2,1-2H3. The van der Waals surface area contributed by atoms with Crippen LogP contribution in [0.3, 0.4) is 0 Å². The predicted molar refractivity (Wildman–Crippen MR) is 68.8 cm³/mol. The molecule has 0 saturated heterocycles. The van der Waals surface area contributed by atoms with Crippen LogP contribution in [0.25, 0.3) is 0 Å². The highest BCUT2D eigenvalue weighted by molar-refractivity contribution is 6.31. The van der Waals surface area contributed by atoms with Gasteiger partial charge >= 0.3 is 0 Å². The third-order valence-corrected chi connectivity index (χ3v) is 4.02. The van der Waals surface area contributed by atoms with Crippen molar-refractivity contribution in [1.82, 2.24) is 4.98 Å². The summed E-state index contributed by atoms with van der Waals surface area (Å²) in [5.41, 5.74) is 0.968. The Balaban J connectivity index is 1.98. The Morgan fingerprint density at radius 1 is 1.31 bits per heavy atom. The van der Waals surface area contributed by atoms with Gasteiger partial charge in [-0.1, -0.05) is 25.4 Å². The molecule has 1 heterocycles. The summed E-state index contributed by atoms with van der Waals surface area (Å²) in [6.07, 6.45) is 5.49. The van der Waals surface area contributed by atoms with Crippen LogP contribution in [-0.2, 0) is 0 Å². The second-order valence-corrected chi connectivity index (χ2v) is 5.31. The Bertz CT molecular complexity index is 354. The van der Waals surface area contributed by atoms with E-state index in [2.05, 4.69) is 24.1 Å². The third-order valence-electron chi connectivity index (χ3n) is 3.72. The predicted octanol–water partition coefficient (Wildman–Crippen LogP) is 3.97. The lowest BCUT2D eigenvalue weighted by Gasteiger charge is -2.33. The van der Waals surface area contributed by atoms with Crippen LogP contribution >= 0.6 is 11.6 Å². The van der Waals surface area contributed by atoms with Gasteiger partial charge in [-0.3, -0.25) is 0 Å². The fourth-order valence-corrected chi connectivity index (χ4v) is 2.57. The molecule has 1 aliphatic rings. The van der Waals surface area contributed by atoms with Crippen molar-refractivity contribution in [3.63, 3.8) is 0 Å². The van der Waals surface area contributed by atoms with Crippen LogP contribution in [0.1, 0.15) is 33.1 Å². The van der Waals surface area contributed by atoms with E-state index in [0.29, 0.717) is 11.2 Å². The van der Waals surface area contributed by atoms with Crippen molar-refractivity contribution >= 4 is 17.3 Å². The third kappa shape index (κ3) is 2.67. The molecule has 16 heavy (non-hydrogen) atoms. The molecule has 3 heteroatoms. The molecule has 88 valence electrons. The number of anilines is 1. The minimum atomic E-state index is 0.549. The maximum atomic E-state index is 6.03. The molecule has 2 rings (SSSR count). The number of halogens is 1. The largest absolute Gasteiger partial charge is 0.380 e. The van der Waals surface area contributed by atoms with Gasteiger partial charge in [0.05, 0.1) is 5.69 Å². The van der Waals surface area contributed by atoms with Crippen molar-refractivity contribution < 1.29 is 0 Å². The fraction of sp³-hybridized carbons (Fsp3) is 0.615. The number of aromatic nitrogens is 1. The summed E-state index contributed by atoms with van der Waals surface area (Å²) in [6.45, 7) is 4.68. The number of rotatable bonds is 2. The summed E-state index contributed by atoms with van der Waals surface area (Å²) >= 11 is 6.03. The van der Waals surface area contributed by atoms with E-state index in [0.717, 1.165) is 17.5 Å². The summed E-state index contributed by atoms with van der Waals surface area (Å²) < 4.78 is 0. The van der Waals surface area contributed by atoms with Crippen molar-refractivity contribution in [1.29, 1.82) is 0 Å². The molecule has 0 aromatic carbocycles. The molecule has 1 aromatic heterocycles. The maximum absolute atomic E-state index is 6.03. The van der Waals surface area contributed by atoms with E-state index in [1.807, 2.05) is 12.1 Å². The van der Waals surface area contributed by atoms with Crippen LogP contribution in [0, 0.1) is 11.8 Å². The van der Waals surface area contributed by atoms with Gasteiger partial charge < -0.3 is 5.32 Å². The zero-order chi connectivity index (χ0) is 11.5. The molecule has 1 aromatic rings. The van der Waals surface area contributed by atoms with Gasteiger partial charge in [-0.15, -0.1) is 0 Å². The smallest absolute Gasteiger partial charge is 0.152 e. The molecular weight excluding hydrogens is 220 g/mol. The minimum Gasteiger partial charge on any atom is -0.380 e. The second-order valence-electron chi connectivity index (χ2n) is 4.95. The Hall–Kier alpha value is -0.760. The molecule has 3 atom stereocenters. The van der Waals surface area contributed by atoms with Gasteiger partial charge in [-0.25, -0.2) is 4.98 Å². The molecule has 0 radical (unpaired) electrons. The van der Waals surface area contributed by atoms with E-state index >= 15 is 0 Å². The summed E-state index contributed by atoms with van der Waals surface area (Å²) in [7, 11) is 0. The van der Waals surface area contributed by atoms with Crippen LogP contribution in [0.15, 0.2) is 18.3 Å². The maximum Gasteiger partial charge on any atom is 0.152 e. The monoisotopic (exact) mass is 238 g/mol. The quantitative estimate of drug-likeness (QED) is 0.789. The highest BCUT2D eigenvalue weighted by Crippen LogP contribution is 2.31. The Morgan fingerprint density at radius 3 is 2.81 bits per heavy atom. The van der Waals surface area contributed by atoms with Crippen LogP contribution in [0.5, 0.6) is 0 Å². The Kier molecular flexibility index (Phi) is 3.70. The summed E-state index contributed by atoms with van der Waals surface area (Å²) in [5.74, 6) is 1.64. The van der Waals surface area contributed by atoms with E-state index in [-0.39, 0.29) is 0 Å². The Morgan fingerprint density at radius 2 is 2.12 bits per heavy atom. The van der Waals surface area contributed by atoms with E-state index < -0.39 is 0 Å². The first-order chi connectivity index (χ1) is 7.66. The van der Waals surface area contributed by atoms with Crippen molar-refractivity contribution in [2.75, 3.05) is 5.32 Å². The number of nitrogens with zero attached hydrogens (tertiary/aromatic N) is 1. The van der Waals surface area contributed by atoms with Gasteiger partial charge in [0.1, 0.15) is 0 Å². The van der Waals surface area contributed by atoms with Gasteiger partial charge in [0, 0.05) is 12.2 Å². The van der Waals surface area contributed by atoms with Crippen LogP contribution in [-0.4, -0.2) is 11.0 Å². The van der Waals surface area contributed by atoms with Crippen molar-refractivity contribution in [3.8, 4) is 0 Å². The van der Waals surface area contributed by atoms with E-state index in [9.17, 15) is 0 Å². The highest BCUT2D eigenvalue weighted by Gasteiger charge is 2.24. The molecule has 0 aliphatic heterocycles. The Labute approximate surface area is 102 Å². The van der Waals surface area contributed by atoms with Gasteiger partial charge in [0.2, 0.25) is 0 Å². The zero-order valence-corrected chi connectivity index (χ0v) is 10.7.